The first-order valence-electron chi connectivity index (χ1n) is 6.22. The molecule has 0 aliphatic heterocycles. The van der Waals surface area contributed by atoms with Gasteiger partial charge in [0.2, 0.25) is 0 Å². The van der Waals surface area contributed by atoms with Crippen molar-refractivity contribution in [1.82, 2.24) is 4.98 Å². The summed E-state index contributed by atoms with van der Waals surface area (Å²) in [7, 11) is 1.33. The Balaban J connectivity index is 2.27. The Morgan fingerprint density at radius 3 is 2.80 bits per heavy atom. The van der Waals surface area contributed by atoms with E-state index in [1.807, 2.05) is 5.38 Å². The number of nitrogen functional groups attached to an aromatic ring is 1. The van der Waals surface area contributed by atoms with Crippen LogP contribution in [0.3, 0.4) is 0 Å². The van der Waals surface area contributed by atoms with E-state index in [1.165, 1.54) is 18.4 Å². The number of rotatable bonds is 4. The van der Waals surface area contributed by atoms with E-state index in [9.17, 15) is 4.79 Å². The summed E-state index contributed by atoms with van der Waals surface area (Å²) in [5.41, 5.74) is 8.37. The maximum Gasteiger partial charge on any atom is 0.340 e. The molecule has 0 fully saturated rings. The molecule has 0 atom stereocenters. The van der Waals surface area contributed by atoms with E-state index in [1.54, 1.807) is 18.2 Å². The molecule has 6 heteroatoms. The minimum Gasteiger partial charge on any atom is -0.465 e. The Labute approximate surface area is 121 Å². The molecule has 0 aliphatic carbocycles. The first-order chi connectivity index (χ1) is 9.52. The van der Waals surface area contributed by atoms with Crippen LogP contribution in [-0.4, -0.2) is 18.1 Å². The van der Waals surface area contributed by atoms with Crippen LogP contribution in [0.25, 0.3) is 0 Å². The number of nitrogens with zero attached hydrogens (tertiary/aromatic N) is 1. The Bertz CT molecular complexity index is 623. The van der Waals surface area contributed by atoms with Crippen LogP contribution in [0.5, 0.6) is 0 Å². The average Bonchev–Trinajstić information content (AvgIpc) is 2.89. The van der Waals surface area contributed by atoms with Crippen LogP contribution < -0.4 is 11.1 Å². The smallest absolute Gasteiger partial charge is 0.340 e. The van der Waals surface area contributed by atoms with Gasteiger partial charge >= 0.3 is 5.97 Å². The highest BCUT2D eigenvalue weighted by molar-refractivity contribution is 7.13. The van der Waals surface area contributed by atoms with E-state index in [0.717, 1.165) is 10.8 Å². The molecule has 0 spiro atoms. The van der Waals surface area contributed by atoms with Crippen molar-refractivity contribution >= 4 is 33.8 Å². The van der Waals surface area contributed by atoms with Gasteiger partial charge < -0.3 is 15.8 Å². The summed E-state index contributed by atoms with van der Waals surface area (Å²) < 4.78 is 4.70. The van der Waals surface area contributed by atoms with Crippen LogP contribution in [0.4, 0.5) is 16.5 Å². The van der Waals surface area contributed by atoms with Gasteiger partial charge in [0.15, 0.2) is 5.13 Å². The van der Waals surface area contributed by atoms with E-state index in [0.29, 0.717) is 22.9 Å². The van der Waals surface area contributed by atoms with E-state index >= 15 is 0 Å². The molecule has 0 saturated heterocycles. The Hall–Kier alpha value is -2.08. The number of nitrogens with two attached hydrogens (primary N) is 1. The minimum atomic E-state index is -0.451. The van der Waals surface area contributed by atoms with Crippen molar-refractivity contribution in [3.63, 3.8) is 0 Å². The molecule has 0 radical (unpaired) electrons. The molecule has 0 bridgehead atoms. The first-order valence-corrected chi connectivity index (χ1v) is 7.10. The predicted octanol–water partition coefficient (Wildman–Crippen LogP) is 3.38. The number of nitrogens with one attached hydrogen (secondary N) is 1. The summed E-state index contributed by atoms with van der Waals surface area (Å²) in [6.07, 6.45) is 0. The zero-order valence-electron chi connectivity index (χ0n) is 11.6. The molecule has 20 heavy (non-hydrogen) atoms. The van der Waals surface area contributed by atoms with Gasteiger partial charge in [0, 0.05) is 5.38 Å². The highest BCUT2D eigenvalue weighted by Crippen LogP contribution is 2.29. The van der Waals surface area contributed by atoms with Crippen molar-refractivity contribution in [2.24, 2.45) is 0 Å². The molecule has 5 nitrogen and oxygen atoms in total. The lowest BCUT2D eigenvalue weighted by Gasteiger charge is -2.10. The number of carbonyl (C=O) groups excluding carboxylic acids is 1. The predicted molar refractivity (Wildman–Crippen MR) is 81.7 cm³/mol. The van der Waals surface area contributed by atoms with Gasteiger partial charge in [0.25, 0.3) is 0 Å². The van der Waals surface area contributed by atoms with E-state index in [4.69, 9.17) is 10.5 Å². The minimum absolute atomic E-state index is 0.345. The van der Waals surface area contributed by atoms with Crippen LogP contribution in [0, 0.1) is 0 Å². The number of hydrogen-bond donors (Lipinski definition) is 2. The Morgan fingerprint density at radius 2 is 2.20 bits per heavy atom. The SMILES string of the molecule is COC(=O)c1cccc(Nc2nc(C(C)C)cs2)c1N. The van der Waals surface area contributed by atoms with Crippen LogP contribution in [0.15, 0.2) is 23.6 Å². The van der Waals surface area contributed by atoms with Crippen LogP contribution in [0.2, 0.25) is 0 Å². The summed E-state index contributed by atoms with van der Waals surface area (Å²) in [5, 5.41) is 5.90. The lowest BCUT2D eigenvalue weighted by atomic mass is 10.1. The van der Waals surface area contributed by atoms with Gasteiger partial charge in [-0.2, -0.15) is 0 Å². The summed E-state index contributed by atoms with van der Waals surface area (Å²) in [5.74, 6) is -0.0753. The standard InChI is InChI=1S/C14H17N3O2S/c1-8(2)11-7-20-14(17-11)16-10-6-4-5-9(12(10)15)13(18)19-3/h4-8H,15H2,1-3H3,(H,16,17). The van der Waals surface area contributed by atoms with Crippen LogP contribution in [-0.2, 0) is 4.74 Å². The fourth-order valence-corrected chi connectivity index (χ4v) is 2.57. The number of esters is 1. The molecule has 0 aliphatic rings. The molecule has 0 saturated carbocycles. The molecule has 106 valence electrons. The number of thiazole rings is 1. The molecule has 3 N–H and O–H groups in total. The Kier molecular flexibility index (Phi) is 4.24. The fraction of sp³-hybridized carbons (Fsp3) is 0.286. The highest BCUT2D eigenvalue weighted by Gasteiger charge is 2.14. The van der Waals surface area contributed by atoms with Gasteiger partial charge in [0.05, 0.1) is 29.7 Å². The fourth-order valence-electron chi connectivity index (χ4n) is 1.69. The first kappa shape index (κ1) is 14.3. The van der Waals surface area contributed by atoms with E-state index in [2.05, 4.69) is 24.1 Å². The number of hydrogen-bond acceptors (Lipinski definition) is 6. The molecule has 0 unspecified atom stereocenters. The van der Waals surface area contributed by atoms with Crippen molar-refractivity contribution < 1.29 is 9.53 Å². The summed E-state index contributed by atoms with van der Waals surface area (Å²) in [4.78, 5) is 16.1. The van der Waals surface area contributed by atoms with Gasteiger partial charge in [-0.05, 0) is 18.1 Å². The second-order valence-corrected chi connectivity index (χ2v) is 5.47. The molecule has 2 rings (SSSR count). The van der Waals surface area contributed by atoms with E-state index < -0.39 is 5.97 Å². The molecular formula is C14H17N3O2S. The van der Waals surface area contributed by atoms with Crippen molar-refractivity contribution in [2.45, 2.75) is 19.8 Å². The monoisotopic (exact) mass is 291 g/mol. The molecule has 0 amide bonds. The molecule has 1 heterocycles. The molecule has 1 aromatic carbocycles. The summed E-state index contributed by atoms with van der Waals surface area (Å²) >= 11 is 1.51. The number of para-hydroxylation sites is 1. The van der Waals surface area contributed by atoms with Crippen molar-refractivity contribution in [2.75, 3.05) is 18.2 Å². The largest absolute Gasteiger partial charge is 0.465 e. The van der Waals surface area contributed by atoms with Gasteiger partial charge in [-0.1, -0.05) is 19.9 Å². The average molecular weight is 291 g/mol. The number of methoxy groups -OCH3 is 1. The molecular weight excluding hydrogens is 274 g/mol. The maximum absolute atomic E-state index is 11.6. The van der Waals surface area contributed by atoms with Crippen molar-refractivity contribution in [1.29, 1.82) is 0 Å². The van der Waals surface area contributed by atoms with Gasteiger partial charge in [-0.15, -0.1) is 11.3 Å². The zero-order valence-corrected chi connectivity index (χ0v) is 12.5. The Morgan fingerprint density at radius 1 is 1.45 bits per heavy atom. The maximum atomic E-state index is 11.6. The van der Waals surface area contributed by atoms with Gasteiger partial charge in [-0.25, -0.2) is 9.78 Å². The van der Waals surface area contributed by atoms with Crippen LogP contribution >= 0.6 is 11.3 Å². The third kappa shape index (κ3) is 2.91. The third-order valence-electron chi connectivity index (χ3n) is 2.87. The summed E-state index contributed by atoms with van der Waals surface area (Å²) in [6, 6.07) is 5.19. The second-order valence-electron chi connectivity index (χ2n) is 4.62. The topological polar surface area (TPSA) is 77.2 Å². The number of benzene rings is 1. The van der Waals surface area contributed by atoms with Gasteiger partial charge in [-0.3, -0.25) is 0 Å². The zero-order chi connectivity index (χ0) is 14.7. The molecule has 2 aromatic rings. The number of anilines is 3. The van der Waals surface area contributed by atoms with Gasteiger partial charge in [0.1, 0.15) is 0 Å². The number of carbonyl (C=O) groups is 1. The van der Waals surface area contributed by atoms with Crippen molar-refractivity contribution in [3.8, 4) is 0 Å². The normalized spacial score (nSPS) is 10.6. The summed E-state index contributed by atoms with van der Waals surface area (Å²) in [6.45, 7) is 4.18. The number of ether oxygens (including phenoxy) is 1. The van der Waals surface area contributed by atoms with E-state index in [-0.39, 0.29) is 0 Å². The second kappa shape index (κ2) is 5.92. The third-order valence-corrected chi connectivity index (χ3v) is 3.64. The highest BCUT2D eigenvalue weighted by atomic mass is 32.1. The van der Waals surface area contributed by atoms with Crippen LogP contribution in [0.1, 0.15) is 35.8 Å². The quantitative estimate of drug-likeness (QED) is 0.667. The van der Waals surface area contributed by atoms with Crippen molar-refractivity contribution in [3.05, 3.63) is 34.8 Å². The number of aromatic nitrogens is 1. The molecule has 1 aromatic heterocycles. The lowest BCUT2D eigenvalue weighted by Crippen LogP contribution is -2.07. The lowest BCUT2D eigenvalue weighted by molar-refractivity contribution is 0.0602.